The normalized spacial score (nSPS) is 17.8. The summed E-state index contributed by atoms with van der Waals surface area (Å²) in [5, 5.41) is 0.814. The van der Waals surface area contributed by atoms with Gasteiger partial charge in [-0.15, -0.1) is 23.1 Å². The maximum absolute atomic E-state index is 14.3. The number of hydrogen-bond acceptors (Lipinski definition) is 4. The molecule has 1 atom stereocenters. The number of rotatable bonds is 4. The number of hydrogen-bond donors (Lipinski definition) is 1. The van der Waals surface area contributed by atoms with Crippen LogP contribution in [0, 0.1) is 5.82 Å². The predicted octanol–water partition coefficient (Wildman–Crippen LogP) is 4.44. The largest absolute Gasteiger partial charge is 0.330 e. The Morgan fingerprint density at radius 3 is 3.10 bits per heavy atom. The van der Waals surface area contributed by atoms with Crippen LogP contribution in [0.25, 0.3) is 10.6 Å². The summed E-state index contributed by atoms with van der Waals surface area (Å²) < 4.78 is 14.3. The number of halogens is 1. The summed E-state index contributed by atoms with van der Waals surface area (Å²) in [6.45, 7) is 2.71. The molecule has 1 unspecified atom stereocenters. The van der Waals surface area contributed by atoms with Gasteiger partial charge in [-0.2, -0.15) is 0 Å². The predicted molar refractivity (Wildman–Crippen MR) is 88.6 cm³/mol. The topological polar surface area (TPSA) is 38.9 Å². The van der Waals surface area contributed by atoms with E-state index in [0.29, 0.717) is 18.0 Å². The molecule has 21 heavy (non-hydrogen) atoms. The second kappa shape index (κ2) is 6.46. The van der Waals surface area contributed by atoms with Crippen molar-refractivity contribution in [3.05, 3.63) is 34.6 Å². The van der Waals surface area contributed by atoms with E-state index in [1.165, 1.54) is 10.9 Å². The van der Waals surface area contributed by atoms with Gasteiger partial charge in [-0.3, -0.25) is 0 Å². The SMILES string of the molecule is CCSc1cccc(F)c1-c1nc2c(s1)CCCC2CN. The Balaban J connectivity index is 2.08. The van der Waals surface area contributed by atoms with Crippen molar-refractivity contribution in [2.75, 3.05) is 12.3 Å². The molecule has 1 aromatic carbocycles. The first-order valence-electron chi connectivity index (χ1n) is 7.36. The van der Waals surface area contributed by atoms with E-state index < -0.39 is 0 Å². The second-order valence-electron chi connectivity index (χ2n) is 5.20. The first-order chi connectivity index (χ1) is 10.2. The van der Waals surface area contributed by atoms with Crippen LogP contribution < -0.4 is 5.73 Å². The molecule has 1 heterocycles. The molecule has 2 N–H and O–H groups in total. The molecule has 0 fully saturated rings. The van der Waals surface area contributed by atoms with E-state index >= 15 is 0 Å². The number of nitrogens with zero attached hydrogens (tertiary/aromatic N) is 1. The fourth-order valence-corrected chi connectivity index (χ4v) is 4.97. The van der Waals surface area contributed by atoms with Crippen molar-refractivity contribution >= 4 is 23.1 Å². The first-order valence-corrected chi connectivity index (χ1v) is 9.16. The number of aromatic nitrogens is 1. The van der Waals surface area contributed by atoms with Gasteiger partial charge < -0.3 is 5.73 Å². The number of aryl methyl sites for hydroxylation is 1. The molecule has 0 saturated heterocycles. The molecular formula is C16H19FN2S2. The van der Waals surface area contributed by atoms with E-state index in [4.69, 9.17) is 10.7 Å². The Labute approximate surface area is 133 Å². The quantitative estimate of drug-likeness (QED) is 0.846. The van der Waals surface area contributed by atoms with Crippen LogP contribution in [0.2, 0.25) is 0 Å². The highest BCUT2D eigenvalue weighted by Crippen LogP contribution is 2.41. The Hall–Kier alpha value is -0.910. The minimum absolute atomic E-state index is 0.177. The van der Waals surface area contributed by atoms with Crippen LogP contribution in [0.1, 0.15) is 36.3 Å². The van der Waals surface area contributed by atoms with Gasteiger partial charge in [0.15, 0.2) is 0 Å². The van der Waals surface area contributed by atoms with E-state index in [1.807, 2.05) is 6.07 Å². The minimum atomic E-state index is -0.177. The van der Waals surface area contributed by atoms with Gasteiger partial charge in [0.05, 0.1) is 11.3 Å². The average molecular weight is 322 g/mol. The number of benzene rings is 1. The molecule has 0 aliphatic heterocycles. The summed E-state index contributed by atoms with van der Waals surface area (Å²) in [7, 11) is 0. The molecule has 3 rings (SSSR count). The second-order valence-corrected chi connectivity index (χ2v) is 7.59. The molecule has 0 radical (unpaired) electrons. The van der Waals surface area contributed by atoms with Crippen molar-refractivity contribution in [2.24, 2.45) is 5.73 Å². The van der Waals surface area contributed by atoms with E-state index in [1.54, 1.807) is 29.2 Å². The van der Waals surface area contributed by atoms with Gasteiger partial charge in [0.1, 0.15) is 10.8 Å². The van der Waals surface area contributed by atoms with Crippen LogP contribution in [0.15, 0.2) is 23.1 Å². The smallest absolute Gasteiger partial charge is 0.134 e. The highest BCUT2D eigenvalue weighted by atomic mass is 32.2. The van der Waals surface area contributed by atoms with E-state index in [2.05, 4.69) is 6.92 Å². The molecule has 1 aliphatic carbocycles. The number of fused-ring (bicyclic) bond motifs is 1. The van der Waals surface area contributed by atoms with Crippen molar-refractivity contribution < 1.29 is 4.39 Å². The van der Waals surface area contributed by atoms with Crippen LogP contribution in [0.3, 0.4) is 0 Å². The van der Waals surface area contributed by atoms with Gasteiger partial charge >= 0.3 is 0 Å². The zero-order valence-electron chi connectivity index (χ0n) is 12.1. The van der Waals surface area contributed by atoms with E-state index in [-0.39, 0.29) is 5.82 Å². The lowest BCUT2D eigenvalue weighted by atomic mass is 9.91. The van der Waals surface area contributed by atoms with Gasteiger partial charge in [0, 0.05) is 22.2 Å². The molecule has 2 aromatic rings. The van der Waals surface area contributed by atoms with Gasteiger partial charge in [-0.05, 0) is 37.1 Å². The summed E-state index contributed by atoms with van der Waals surface area (Å²) in [5.74, 6) is 1.09. The standard InChI is InChI=1S/C16H19FN2S2/c1-2-20-12-7-4-6-11(17)14(12)16-19-15-10(9-18)5-3-8-13(15)21-16/h4,6-7,10H,2-3,5,8-9,18H2,1H3. The lowest BCUT2D eigenvalue weighted by molar-refractivity contribution is 0.554. The summed E-state index contributed by atoms with van der Waals surface area (Å²) in [4.78, 5) is 7.04. The molecular weight excluding hydrogens is 303 g/mol. The Morgan fingerprint density at radius 2 is 2.33 bits per heavy atom. The maximum atomic E-state index is 14.3. The van der Waals surface area contributed by atoms with E-state index in [9.17, 15) is 4.39 Å². The zero-order chi connectivity index (χ0) is 14.8. The van der Waals surface area contributed by atoms with E-state index in [0.717, 1.165) is 40.6 Å². The van der Waals surface area contributed by atoms with Gasteiger partial charge in [-0.1, -0.05) is 13.0 Å². The van der Waals surface area contributed by atoms with Crippen LogP contribution in [-0.4, -0.2) is 17.3 Å². The number of nitrogens with two attached hydrogens (primary N) is 1. The van der Waals surface area contributed by atoms with Crippen LogP contribution in [-0.2, 0) is 6.42 Å². The van der Waals surface area contributed by atoms with Crippen molar-refractivity contribution in [3.63, 3.8) is 0 Å². The third-order valence-corrected chi connectivity index (χ3v) is 5.93. The molecule has 2 nitrogen and oxygen atoms in total. The lowest BCUT2D eigenvalue weighted by Gasteiger charge is -2.18. The summed E-state index contributed by atoms with van der Waals surface area (Å²) in [5.41, 5.74) is 7.64. The van der Waals surface area contributed by atoms with Crippen LogP contribution >= 0.6 is 23.1 Å². The number of thioether (sulfide) groups is 1. The Kier molecular flexibility index (Phi) is 4.62. The van der Waals surface area contributed by atoms with Crippen molar-refractivity contribution in [1.82, 2.24) is 4.98 Å². The van der Waals surface area contributed by atoms with Gasteiger partial charge in [0.2, 0.25) is 0 Å². The van der Waals surface area contributed by atoms with Crippen molar-refractivity contribution in [2.45, 2.75) is 37.0 Å². The molecule has 5 heteroatoms. The third-order valence-electron chi connectivity index (χ3n) is 3.84. The molecule has 112 valence electrons. The number of thiazole rings is 1. The average Bonchev–Trinajstić information content (AvgIpc) is 2.91. The minimum Gasteiger partial charge on any atom is -0.330 e. The van der Waals surface area contributed by atoms with Gasteiger partial charge in [-0.25, -0.2) is 9.37 Å². The zero-order valence-corrected chi connectivity index (χ0v) is 13.7. The van der Waals surface area contributed by atoms with Crippen molar-refractivity contribution in [3.8, 4) is 10.6 Å². The molecule has 0 amide bonds. The fraction of sp³-hybridized carbons (Fsp3) is 0.438. The molecule has 0 spiro atoms. The molecule has 0 bridgehead atoms. The Morgan fingerprint density at radius 1 is 1.48 bits per heavy atom. The third kappa shape index (κ3) is 2.87. The van der Waals surface area contributed by atoms with Gasteiger partial charge in [0.25, 0.3) is 0 Å². The van der Waals surface area contributed by atoms with Crippen LogP contribution in [0.4, 0.5) is 4.39 Å². The highest BCUT2D eigenvalue weighted by molar-refractivity contribution is 7.99. The fourth-order valence-electron chi connectivity index (χ4n) is 2.83. The van der Waals surface area contributed by atoms with Crippen LogP contribution in [0.5, 0.6) is 0 Å². The molecule has 1 aromatic heterocycles. The molecule has 1 aliphatic rings. The molecule has 0 saturated carbocycles. The lowest BCUT2D eigenvalue weighted by Crippen LogP contribution is -2.17. The monoisotopic (exact) mass is 322 g/mol. The van der Waals surface area contributed by atoms with Crippen molar-refractivity contribution in [1.29, 1.82) is 0 Å². The Bertz CT molecular complexity index is 639. The maximum Gasteiger partial charge on any atom is 0.134 e. The highest BCUT2D eigenvalue weighted by Gasteiger charge is 2.25. The summed E-state index contributed by atoms with van der Waals surface area (Å²) in [6.07, 6.45) is 3.30. The summed E-state index contributed by atoms with van der Waals surface area (Å²) >= 11 is 3.31. The first kappa shape index (κ1) is 15.0. The summed E-state index contributed by atoms with van der Waals surface area (Å²) in [6, 6.07) is 5.27.